The van der Waals surface area contributed by atoms with Gasteiger partial charge in [-0.2, -0.15) is 0 Å². The van der Waals surface area contributed by atoms with Gasteiger partial charge in [-0.25, -0.2) is 0 Å². The van der Waals surface area contributed by atoms with Gasteiger partial charge in [0.25, 0.3) is 0 Å². The Balaban J connectivity index is 3.11. The van der Waals surface area contributed by atoms with Crippen LogP contribution in [0.15, 0.2) is 22.7 Å². The fraction of sp³-hybridized carbons (Fsp3) is 0.300. The number of benzene rings is 1. The molecule has 0 fully saturated rings. The van der Waals surface area contributed by atoms with E-state index in [0.717, 1.165) is 10.0 Å². The van der Waals surface area contributed by atoms with Gasteiger partial charge in [0.15, 0.2) is 5.78 Å². The van der Waals surface area contributed by atoms with Gasteiger partial charge in [0.05, 0.1) is 13.2 Å². The van der Waals surface area contributed by atoms with Crippen molar-refractivity contribution in [1.29, 1.82) is 0 Å². The second kappa shape index (κ2) is 4.57. The topological polar surface area (TPSA) is 52.3 Å². The lowest BCUT2D eigenvalue weighted by atomic mass is 10.0. The van der Waals surface area contributed by atoms with Crippen molar-refractivity contribution in [2.75, 3.05) is 7.11 Å². The Morgan fingerprint density at radius 2 is 2.21 bits per heavy atom. The first-order valence-electron chi connectivity index (χ1n) is 4.15. The zero-order valence-corrected chi connectivity index (χ0v) is 9.67. The van der Waals surface area contributed by atoms with Crippen molar-refractivity contribution >= 4 is 21.7 Å². The van der Waals surface area contributed by atoms with E-state index in [1.807, 2.05) is 6.07 Å². The first-order valence-corrected chi connectivity index (χ1v) is 4.95. The lowest BCUT2D eigenvalue weighted by Crippen LogP contribution is -2.19. The fourth-order valence-corrected chi connectivity index (χ4v) is 1.60. The van der Waals surface area contributed by atoms with Gasteiger partial charge >= 0.3 is 0 Å². The van der Waals surface area contributed by atoms with Crippen molar-refractivity contribution in [1.82, 2.24) is 0 Å². The molecule has 1 aromatic carbocycles. The highest BCUT2D eigenvalue weighted by Crippen LogP contribution is 2.26. The summed E-state index contributed by atoms with van der Waals surface area (Å²) in [5, 5.41) is 0. The first kappa shape index (κ1) is 11.2. The number of Topliss-reactive ketones (excluding diaryl/α,β-unsaturated/α-hetero) is 1. The van der Waals surface area contributed by atoms with Crippen LogP contribution in [0.1, 0.15) is 18.5 Å². The standard InChI is InChI=1S/C10H12BrNO2/c1-6(13)10(12)8-5-7(14-2)3-4-9(8)11/h3-5,10H,12H2,1-2H3. The highest BCUT2D eigenvalue weighted by Gasteiger charge is 2.14. The van der Waals surface area contributed by atoms with E-state index < -0.39 is 6.04 Å². The van der Waals surface area contributed by atoms with Crippen LogP contribution >= 0.6 is 15.9 Å². The van der Waals surface area contributed by atoms with Gasteiger partial charge in [0, 0.05) is 4.47 Å². The third-order valence-electron chi connectivity index (χ3n) is 1.98. The third kappa shape index (κ3) is 2.33. The third-order valence-corrected chi connectivity index (χ3v) is 2.70. The van der Waals surface area contributed by atoms with Crippen LogP contribution in [0.5, 0.6) is 5.75 Å². The number of halogens is 1. The molecule has 1 rings (SSSR count). The SMILES string of the molecule is COc1ccc(Br)c(C(N)C(C)=O)c1. The minimum absolute atomic E-state index is 0.0704. The van der Waals surface area contributed by atoms with Gasteiger partial charge < -0.3 is 10.5 Å². The van der Waals surface area contributed by atoms with E-state index in [4.69, 9.17) is 10.5 Å². The van der Waals surface area contributed by atoms with E-state index >= 15 is 0 Å². The molecule has 0 saturated heterocycles. The van der Waals surface area contributed by atoms with Crippen LogP contribution in [0.2, 0.25) is 0 Å². The predicted octanol–water partition coefficient (Wildman–Crippen LogP) is 2.05. The summed E-state index contributed by atoms with van der Waals surface area (Å²) in [7, 11) is 1.58. The number of hydrogen-bond acceptors (Lipinski definition) is 3. The maximum Gasteiger partial charge on any atom is 0.151 e. The van der Waals surface area contributed by atoms with Gasteiger partial charge in [-0.05, 0) is 30.7 Å². The van der Waals surface area contributed by atoms with Gasteiger partial charge in [0.2, 0.25) is 0 Å². The van der Waals surface area contributed by atoms with E-state index in [-0.39, 0.29) is 5.78 Å². The minimum atomic E-state index is -0.598. The Morgan fingerprint density at radius 3 is 2.71 bits per heavy atom. The highest BCUT2D eigenvalue weighted by molar-refractivity contribution is 9.10. The normalized spacial score (nSPS) is 12.3. The van der Waals surface area contributed by atoms with Crippen molar-refractivity contribution in [2.24, 2.45) is 5.73 Å². The number of carbonyl (C=O) groups excluding carboxylic acids is 1. The van der Waals surface area contributed by atoms with Gasteiger partial charge in [-0.3, -0.25) is 4.79 Å². The number of rotatable bonds is 3. The molecule has 0 aromatic heterocycles. The molecule has 0 aliphatic heterocycles. The molecule has 1 atom stereocenters. The molecular formula is C10H12BrNO2. The van der Waals surface area contributed by atoms with E-state index in [1.165, 1.54) is 6.92 Å². The lowest BCUT2D eigenvalue weighted by molar-refractivity contribution is -0.118. The molecule has 4 heteroatoms. The summed E-state index contributed by atoms with van der Waals surface area (Å²) in [4.78, 5) is 11.1. The number of hydrogen-bond donors (Lipinski definition) is 1. The molecule has 3 nitrogen and oxygen atoms in total. The van der Waals surface area contributed by atoms with E-state index in [1.54, 1.807) is 19.2 Å². The van der Waals surface area contributed by atoms with E-state index in [0.29, 0.717) is 5.75 Å². The summed E-state index contributed by atoms with van der Waals surface area (Å²) in [6, 6.07) is 4.78. The first-order chi connectivity index (χ1) is 6.56. The van der Waals surface area contributed by atoms with Crippen molar-refractivity contribution < 1.29 is 9.53 Å². The maximum absolute atomic E-state index is 11.1. The quantitative estimate of drug-likeness (QED) is 0.902. The van der Waals surface area contributed by atoms with Crippen molar-refractivity contribution in [3.63, 3.8) is 0 Å². The van der Waals surface area contributed by atoms with E-state index in [2.05, 4.69) is 15.9 Å². The minimum Gasteiger partial charge on any atom is -0.497 e. The highest BCUT2D eigenvalue weighted by atomic mass is 79.9. The lowest BCUT2D eigenvalue weighted by Gasteiger charge is -2.11. The van der Waals surface area contributed by atoms with E-state index in [9.17, 15) is 4.79 Å². The van der Waals surface area contributed by atoms with Crippen LogP contribution in [0.4, 0.5) is 0 Å². The molecule has 76 valence electrons. The summed E-state index contributed by atoms with van der Waals surface area (Å²) < 4.78 is 5.87. The summed E-state index contributed by atoms with van der Waals surface area (Å²) in [6.07, 6.45) is 0. The molecule has 1 aromatic rings. The largest absolute Gasteiger partial charge is 0.497 e. The van der Waals surface area contributed by atoms with Crippen LogP contribution in [-0.4, -0.2) is 12.9 Å². The van der Waals surface area contributed by atoms with Crippen LogP contribution in [-0.2, 0) is 4.79 Å². The van der Waals surface area contributed by atoms with Crippen LogP contribution in [0, 0.1) is 0 Å². The van der Waals surface area contributed by atoms with Gasteiger partial charge in [-0.1, -0.05) is 15.9 Å². The Labute approximate surface area is 91.4 Å². The Morgan fingerprint density at radius 1 is 1.57 bits per heavy atom. The smallest absolute Gasteiger partial charge is 0.151 e. The molecule has 0 bridgehead atoms. The number of methoxy groups -OCH3 is 1. The average Bonchev–Trinajstić information content (AvgIpc) is 2.17. The van der Waals surface area contributed by atoms with Crippen molar-refractivity contribution in [3.05, 3.63) is 28.2 Å². The fourth-order valence-electron chi connectivity index (χ4n) is 1.11. The summed E-state index contributed by atoms with van der Waals surface area (Å²) in [6.45, 7) is 1.47. The second-order valence-electron chi connectivity index (χ2n) is 2.98. The molecule has 0 aliphatic carbocycles. The van der Waals surface area contributed by atoms with Crippen molar-refractivity contribution in [2.45, 2.75) is 13.0 Å². The van der Waals surface area contributed by atoms with Crippen LogP contribution < -0.4 is 10.5 Å². The van der Waals surface area contributed by atoms with Crippen LogP contribution in [0.3, 0.4) is 0 Å². The summed E-state index contributed by atoms with van der Waals surface area (Å²) >= 11 is 3.34. The molecule has 0 saturated carbocycles. The Kier molecular flexibility index (Phi) is 3.66. The second-order valence-corrected chi connectivity index (χ2v) is 3.83. The number of carbonyl (C=O) groups is 1. The summed E-state index contributed by atoms with van der Waals surface area (Å²) in [5.74, 6) is 0.624. The Hall–Kier alpha value is -0.870. The summed E-state index contributed by atoms with van der Waals surface area (Å²) in [5.41, 5.74) is 6.47. The zero-order valence-electron chi connectivity index (χ0n) is 8.08. The number of ether oxygens (including phenoxy) is 1. The monoisotopic (exact) mass is 257 g/mol. The molecule has 1 unspecified atom stereocenters. The number of ketones is 1. The maximum atomic E-state index is 11.1. The molecule has 0 heterocycles. The Bertz CT molecular complexity index is 352. The molecule has 14 heavy (non-hydrogen) atoms. The van der Waals surface area contributed by atoms with Crippen LogP contribution in [0.25, 0.3) is 0 Å². The average molecular weight is 258 g/mol. The molecule has 0 spiro atoms. The predicted molar refractivity (Wildman–Crippen MR) is 58.3 cm³/mol. The molecule has 0 aliphatic rings. The van der Waals surface area contributed by atoms with Gasteiger partial charge in [-0.15, -0.1) is 0 Å². The number of nitrogens with two attached hydrogens (primary N) is 1. The molecule has 2 N–H and O–H groups in total. The molecule has 0 radical (unpaired) electrons. The zero-order chi connectivity index (χ0) is 10.7. The molecular weight excluding hydrogens is 246 g/mol. The van der Waals surface area contributed by atoms with Crippen molar-refractivity contribution in [3.8, 4) is 5.75 Å². The molecule has 0 amide bonds. The van der Waals surface area contributed by atoms with Gasteiger partial charge in [0.1, 0.15) is 5.75 Å².